The average Bonchev–Trinajstić information content (AvgIpc) is 2.80. The van der Waals surface area contributed by atoms with E-state index in [0.29, 0.717) is 27.7 Å². The number of aromatic hydroxyl groups is 1. The van der Waals surface area contributed by atoms with Gasteiger partial charge in [-0.15, -0.1) is 0 Å². The molecule has 0 unspecified atom stereocenters. The number of nitrogens with one attached hydrogen (secondary N) is 1. The first-order chi connectivity index (χ1) is 16.3. The van der Waals surface area contributed by atoms with Crippen molar-refractivity contribution in [3.63, 3.8) is 0 Å². The number of carboxylic acid groups (broad SMARTS) is 1. The van der Waals surface area contributed by atoms with Crippen LogP contribution in [0.5, 0.6) is 5.75 Å². The van der Waals surface area contributed by atoms with Crippen molar-refractivity contribution in [1.82, 2.24) is 0 Å². The van der Waals surface area contributed by atoms with Crippen LogP contribution in [0.2, 0.25) is 0 Å². The van der Waals surface area contributed by atoms with Crippen molar-refractivity contribution < 1.29 is 33.8 Å². The largest absolute Gasteiger partial charge is 0.508 e. The van der Waals surface area contributed by atoms with Crippen LogP contribution in [0, 0.1) is 0 Å². The molecule has 0 bridgehead atoms. The number of carbonyl (C=O) groups is 3. The number of aliphatic carboxylic acids is 1. The fourth-order valence-corrected chi connectivity index (χ4v) is 3.71. The molecule has 0 saturated carbocycles. The Labute approximate surface area is 192 Å². The van der Waals surface area contributed by atoms with E-state index in [2.05, 4.69) is 5.32 Å². The Morgan fingerprint density at radius 3 is 2.47 bits per heavy atom. The van der Waals surface area contributed by atoms with Crippen LogP contribution in [0.15, 0.2) is 63.8 Å². The number of esters is 1. The van der Waals surface area contributed by atoms with Crippen LogP contribution in [-0.4, -0.2) is 35.2 Å². The minimum Gasteiger partial charge on any atom is -0.508 e. The number of fused-ring (bicyclic) bond motifs is 2. The molecule has 0 saturated heterocycles. The summed E-state index contributed by atoms with van der Waals surface area (Å²) in [4.78, 5) is 47.4. The van der Waals surface area contributed by atoms with E-state index in [-0.39, 0.29) is 41.0 Å². The van der Waals surface area contributed by atoms with Gasteiger partial charge in [-0.25, -0.2) is 4.79 Å². The number of carbonyl (C=O) groups excluding carboxylic acids is 2. The van der Waals surface area contributed by atoms with Crippen molar-refractivity contribution in [2.24, 2.45) is 0 Å². The quantitative estimate of drug-likeness (QED) is 0.290. The van der Waals surface area contributed by atoms with E-state index in [9.17, 15) is 24.3 Å². The van der Waals surface area contributed by atoms with Gasteiger partial charge >= 0.3 is 11.9 Å². The second kappa shape index (κ2) is 9.07. The zero-order valence-electron chi connectivity index (χ0n) is 18.0. The third-order valence-electron chi connectivity index (χ3n) is 5.22. The Hall–Kier alpha value is -4.66. The van der Waals surface area contributed by atoms with Gasteiger partial charge in [-0.3, -0.25) is 14.4 Å². The highest BCUT2D eigenvalue weighted by Crippen LogP contribution is 2.42. The van der Waals surface area contributed by atoms with Gasteiger partial charge in [-0.2, -0.15) is 0 Å². The monoisotopic (exact) mass is 461 g/mol. The summed E-state index contributed by atoms with van der Waals surface area (Å²) in [6.07, 6.45) is -0.547. The topological polar surface area (TPSA) is 143 Å². The lowest BCUT2D eigenvalue weighted by Gasteiger charge is -2.18. The minimum absolute atomic E-state index is 0.0348. The lowest BCUT2D eigenvalue weighted by molar-refractivity contribution is -0.138. The maximum Gasteiger partial charge on any atom is 0.338 e. The van der Waals surface area contributed by atoms with Crippen LogP contribution >= 0.6 is 0 Å². The van der Waals surface area contributed by atoms with Crippen LogP contribution < -0.4 is 10.7 Å². The first-order valence-corrected chi connectivity index (χ1v) is 10.2. The number of hydrogen-bond acceptors (Lipinski definition) is 7. The van der Waals surface area contributed by atoms with E-state index in [1.807, 2.05) is 0 Å². The van der Waals surface area contributed by atoms with Gasteiger partial charge in [0.2, 0.25) is 5.91 Å². The predicted octanol–water partition coefficient (Wildman–Crippen LogP) is 3.86. The molecule has 4 rings (SSSR count). The van der Waals surface area contributed by atoms with E-state index in [0.717, 1.165) is 0 Å². The summed E-state index contributed by atoms with van der Waals surface area (Å²) >= 11 is 0. The Balaban J connectivity index is 1.92. The molecule has 3 N–H and O–H groups in total. The van der Waals surface area contributed by atoms with Gasteiger partial charge in [-0.1, -0.05) is 6.07 Å². The van der Waals surface area contributed by atoms with Crippen molar-refractivity contribution in [2.45, 2.75) is 12.8 Å². The Morgan fingerprint density at radius 1 is 0.971 bits per heavy atom. The second-order valence-electron chi connectivity index (χ2n) is 7.51. The first kappa shape index (κ1) is 22.5. The smallest absolute Gasteiger partial charge is 0.338 e. The van der Waals surface area contributed by atoms with Gasteiger partial charge in [-0.05, 0) is 42.0 Å². The van der Waals surface area contributed by atoms with Crippen molar-refractivity contribution in [1.29, 1.82) is 0 Å². The summed E-state index contributed by atoms with van der Waals surface area (Å²) in [6, 6.07) is 13.4. The molecule has 1 amide bonds. The predicted molar refractivity (Wildman–Crippen MR) is 123 cm³/mol. The average molecular weight is 461 g/mol. The molecule has 1 heterocycles. The second-order valence-corrected chi connectivity index (χ2v) is 7.51. The zero-order chi connectivity index (χ0) is 24.4. The molecule has 2 aliphatic rings. The number of methoxy groups -OCH3 is 1. The lowest BCUT2D eigenvalue weighted by Crippen LogP contribution is -2.14. The van der Waals surface area contributed by atoms with Crippen LogP contribution in [0.1, 0.15) is 23.2 Å². The molecule has 0 aromatic heterocycles. The molecule has 9 heteroatoms. The molecular weight excluding hydrogens is 442 g/mol. The summed E-state index contributed by atoms with van der Waals surface area (Å²) < 4.78 is 10.8. The SMILES string of the molecule is COC(=O)c1cc(NC(=O)CCC(=O)O)ccc1-c1c2ccc(=O)cc-2oc2cc(O)ccc12. The third-order valence-corrected chi connectivity index (χ3v) is 5.22. The molecular formula is C25H19NO8. The molecule has 9 nitrogen and oxygen atoms in total. The summed E-state index contributed by atoms with van der Waals surface area (Å²) in [6.45, 7) is 0. The molecule has 2 aromatic rings. The first-order valence-electron chi connectivity index (χ1n) is 10.2. The van der Waals surface area contributed by atoms with Gasteiger partial charge in [0.1, 0.15) is 17.1 Å². The minimum atomic E-state index is -1.10. The number of anilines is 1. The highest BCUT2D eigenvalue weighted by Gasteiger charge is 2.23. The standard InChI is InChI=1S/C25H19NO8/c1-33-25(32)19-10-13(26-22(29)8-9-23(30)31)2-5-16(19)24-17-6-3-14(27)11-20(17)34-21-12-15(28)4-7-18(21)24/h2-7,10-12,27H,8-9H2,1H3,(H,26,29)(H,30,31). The molecule has 172 valence electrons. The fourth-order valence-electron chi connectivity index (χ4n) is 3.71. The van der Waals surface area contributed by atoms with Crippen LogP contribution in [0.3, 0.4) is 0 Å². The maximum absolute atomic E-state index is 12.7. The normalized spacial score (nSPS) is 10.9. The molecule has 34 heavy (non-hydrogen) atoms. The third kappa shape index (κ3) is 4.44. The molecule has 0 radical (unpaired) electrons. The van der Waals surface area contributed by atoms with Crippen molar-refractivity contribution in [3.05, 3.63) is 70.4 Å². The van der Waals surface area contributed by atoms with E-state index in [1.165, 1.54) is 37.4 Å². The fraction of sp³-hybridized carbons (Fsp3) is 0.120. The summed E-state index contributed by atoms with van der Waals surface area (Å²) in [5, 5.41) is 21.8. The van der Waals surface area contributed by atoms with Crippen molar-refractivity contribution in [2.75, 3.05) is 12.4 Å². The molecule has 1 aliphatic heterocycles. The van der Waals surface area contributed by atoms with Crippen molar-refractivity contribution in [3.8, 4) is 28.2 Å². The molecule has 0 atom stereocenters. The summed E-state index contributed by atoms with van der Waals surface area (Å²) in [5.41, 5.74) is 2.02. The number of phenols is 1. The number of ether oxygens (including phenoxy) is 1. The van der Waals surface area contributed by atoms with Gasteiger partial charge in [0.25, 0.3) is 0 Å². The molecule has 0 fully saturated rings. The Bertz CT molecular complexity index is 1470. The van der Waals surface area contributed by atoms with E-state index in [4.69, 9.17) is 14.3 Å². The van der Waals surface area contributed by atoms with Gasteiger partial charge in [0.15, 0.2) is 5.43 Å². The van der Waals surface area contributed by atoms with Gasteiger partial charge in [0.05, 0.1) is 19.1 Å². The van der Waals surface area contributed by atoms with Gasteiger partial charge < -0.3 is 24.7 Å². The molecule has 2 aromatic carbocycles. The van der Waals surface area contributed by atoms with Crippen molar-refractivity contribution >= 4 is 34.5 Å². The highest BCUT2D eigenvalue weighted by molar-refractivity contribution is 6.08. The van der Waals surface area contributed by atoms with E-state index >= 15 is 0 Å². The lowest BCUT2D eigenvalue weighted by atomic mass is 9.90. The maximum atomic E-state index is 12.7. The number of carboxylic acids is 1. The van der Waals surface area contributed by atoms with Crippen LogP contribution in [0.4, 0.5) is 5.69 Å². The number of hydrogen-bond donors (Lipinski definition) is 3. The van der Waals surface area contributed by atoms with E-state index in [1.54, 1.807) is 24.3 Å². The van der Waals surface area contributed by atoms with Crippen LogP contribution in [-0.2, 0) is 14.3 Å². The number of amides is 1. The highest BCUT2D eigenvalue weighted by atomic mass is 16.5. The number of rotatable bonds is 6. The Morgan fingerprint density at radius 2 is 1.74 bits per heavy atom. The summed E-state index contributed by atoms with van der Waals surface area (Å²) in [5.74, 6) is -2.05. The molecule has 1 aliphatic carbocycles. The summed E-state index contributed by atoms with van der Waals surface area (Å²) in [7, 11) is 1.22. The zero-order valence-corrected chi connectivity index (χ0v) is 18.0. The van der Waals surface area contributed by atoms with Gasteiger partial charge in [0, 0.05) is 40.8 Å². The van der Waals surface area contributed by atoms with Crippen LogP contribution in [0.25, 0.3) is 33.4 Å². The van der Waals surface area contributed by atoms with E-state index < -0.39 is 17.8 Å². The Kier molecular flexibility index (Phi) is 6.01. The number of benzene rings is 3. The molecule has 0 spiro atoms. The number of phenolic OH excluding ortho intramolecular Hbond substituents is 1.